The molecule has 0 fully saturated rings. The predicted octanol–water partition coefficient (Wildman–Crippen LogP) is 8.01. The van der Waals surface area contributed by atoms with Crippen molar-refractivity contribution >= 4 is 10.9 Å². The number of aromatic amines is 1. The first-order chi connectivity index (χ1) is 22.9. The zero-order valence-electron chi connectivity index (χ0n) is 26.5. The lowest BCUT2D eigenvalue weighted by Gasteiger charge is -2.26. The van der Waals surface area contributed by atoms with Gasteiger partial charge in [0, 0.05) is 36.7 Å². The summed E-state index contributed by atoms with van der Waals surface area (Å²) < 4.78 is 40.1. The van der Waals surface area contributed by atoms with Gasteiger partial charge in [-0.15, -0.1) is 0 Å². The topological polar surface area (TPSA) is 74.8 Å². The van der Waals surface area contributed by atoms with Gasteiger partial charge < -0.3 is 19.6 Å². The van der Waals surface area contributed by atoms with Gasteiger partial charge in [0.2, 0.25) is 5.56 Å². The van der Waals surface area contributed by atoms with E-state index in [2.05, 4.69) is 22.0 Å². The highest BCUT2D eigenvalue weighted by Crippen LogP contribution is 2.31. The number of nitrogens with one attached hydrogen (secondary N) is 1. The van der Waals surface area contributed by atoms with Crippen molar-refractivity contribution in [3.8, 4) is 5.75 Å². The maximum Gasteiger partial charge on any atom is 0.296 e. The van der Waals surface area contributed by atoms with Crippen LogP contribution < -0.4 is 10.3 Å². The molecule has 0 radical (unpaired) electrons. The SMILES string of the molecule is O=c1ccc2c([C@@H](O)CN(CCCCCCOCC(F)(F)c3ccccc3)Cc3ccccc3)ccc(OCc3ccccc3)c2[nH]1. The summed E-state index contributed by atoms with van der Waals surface area (Å²) in [6.45, 7) is 1.84. The highest BCUT2D eigenvalue weighted by atomic mass is 19.3. The minimum Gasteiger partial charge on any atom is -0.487 e. The summed E-state index contributed by atoms with van der Waals surface area (Å²) in [6.07, 6.45) is 2.56. The molecule has 6 nitrogen and oxygen atoms in total. The Balaban J connectivity index is 1.17. The van der Waals surface area contributed by atoms with Crippen molar-refractivity contribution in [1.82, 2.24) is 9.88 Å². The fourth-order valence-corrected chi connectivity index (χ4v) is 5.67. The number of nitrogens with zero attached hydrogens (tertiary/aromatic N) is 1. The van der Waals surface area contributed by atoms with Gasteiger partial charge in [-0.1, -0.05) is 110 Å². The van der Waals surface area contributed by atoms with Gasteiger partial charge in [0.15, 0.2) is 0 Å². The van der Waals surface area contributed by atoms with Crippen LogP contribution in [0.25, 0.3) is 10.9 Å². The Labute approximate surface area is 274 Å². The molecule has 47 heavy (non-hydrogen) atoms. The second-order valence-corrected chi connectivity index (χ2v) is 11.8. The number of hydrogen-bond acceptors (Lipinski definition) is 5. The van der Waals surface area contributed by atoms with Crippen LogP contribution in [-0.4, -0.2) is 41.3 Å². The number of rotatable bonds is 18. The van der Waals surface area contributed by atoms with E-state index in [-0.39, 0.29) is 17.7 Å². The Morgan fingerprint density at radius 2 is 1.43 bits per heavy atom. The molecular formula is C39H42F2N2O4. The molecule has 5 rings (SSSR count). The number of H-pyrrole nitrogens is 1. The van der Waals surface area contributed by atoms with E-state index in [1.807, 2.05) is 54.6 Å². The number of halogens is 2. The van der Waals surface area contributed by atoms with Crippen molar-refractivity contribution in [2.24, 2.45) is 0 Å². The van der Waals surface area contributed by atoms with Crippen LogP contribution in [0.4, 0.5) is 8.78 Å². The van der Waals surface area contributed by atoms with E-state index in [4.69, 9.17) is 9.47 Å². The van der Waals surface area contributed by atoms with Crippen molar-refractivity contribution in [3.63, 3.8) is 0 Å². The molecule has 0 saturated heterocycles. The van der Waals surface area contributed by atoms with Crippen LogP contribution >= 0.6 is 0 Å². The minimum absolute atomic E-state index is 0.0330. The summed E-state index contributed by atoms with van der Waals surface area (Å²) in [5.41, 5.74) is 3.15. The van der Waals surface area contributed by atoms with Crippen molar-refractivity contribution < 1.29 is 23.4 Å². The third-order valence-electron chi connectivity index (χ3n) is 8.16. The number of pyridine rings is 1. The van der Waals surface area contributed by atoms with Gasteiger partial charge in [-0.2, -0.15) is 8.78 Å². The summed E-state index contributed by atoms with van der Waals surface area (Å²) in [6, 6.07) is 34.6. The zero-order valence-corrected chi connectivity index (χ0v) is 26.5. The molecule has 2 N–H and O–H groups in total. The van der Waals surface area contributed by atoms with Gasteiger partial charge in [0.05, 0.1) is 11.6 Å². The number of alkyl halides is 2. The monoisotopic (exact) mass is 640 g/mol. The molecule has 0 aliphatic carbocycles. The highest BCUT2D eigenvalue weighted by molar-refractivity contribution is 5.87. The highest BCUT2D eigenvalue weighted by Gasteiger charge is 2.31. The molecule has 1 aromatic heterocycles. The molecule has 5 aromatic rings. The zero-order chi connectivity index (χ0) is 32.9. The molecule has 246 valence electrons. The summed E-state index contributed by atoms with van der Waals surface area (Å²) in [4.78, 5) is 17.4. The Morgan fingerprint density at radius 1 is 0.766 bits per heavy atom. The van der Waals surface area contributed by atoms with Crippen molar-refractivity contribution in [1.29, 1.82) is 0 Å². The van der Waals surface area contributed by atoms with Gasteiger partial charge in [-0.25, -0.2) is 0 Å². The van der Waals surface area contributed by atoms with Crippen molar-refractivity contribution in [2.75, 3.05) is 26.3 Å². The van der Waals surface area contributed by atoms with Crippen LogP contribution in [0.2, 0.25) is 0 Å². The summed E-state index contributed by atoms with van der Waals surface area (Å²) >= 11 is 0. The van der Waals surface area contributed by atoms with Crippen molar-refractivity contribution in [3.05, 3.63) is 148 Å². The molecule has 0 bridgehead atoms. The maximum absolute atomic E-state index is 14.3. The lowest BCUT2D eigenvalue weighted by Crippen LogP contribution is -2.29. The fourth-order valence-electron chi connectivity index (χ4n) is 5.67. The first-order valence-corrected chi connectivity index (χ1v) is 16.2. The molecule has 0 aliphatic heterocycles. The Hall–Kier alpha value is -4.37. The van der Waals surface area contributed by atoms with Crippen LogP contribution in [0.5, 0.6) is 5.75 Å². The molecule has 1 heterocycles. The normalized spacial score (nSPS) is 12.4. The summed E-state index contributed by atoms with van der Waals surface area (Å²) in [5.74, 6) is -2.46. The van der Waals surface area contributed by atoms with E-state index in [0.717, 1.165) is 42.3 Å². The fraction of sp³-hybridized carbons (Fsp3) is 0.308. The molecule has 0 spiro atoms. The molecule has 0 unspecified atom stereocenters. The molecule has 1 atom stereocenters. The van der Waals surface area contributed by atoms with Gasteiger partial charge in [-0.3, -0.25) is 9.69 Å². The number of benzene rings is 4. The molecule has 8 heteroatoms. The van der Waals surface area contributed by atoms with E-state index >= 15 is 0 Å². The number of aliphatic hydroxyl groups excluding tert-OH is 1. The lowest BCUT2D eigenvalue weighted by atomic mass is 10.0. The number of ether oxygens (including phenoxy) is 2. The second kappa shape index (κ2) is 17.0. The Kier molecular flexibility index (Phi) is 12.3. The van der Waals surface area contributed by atoms with E-state index in [1.165, 1.54) is 18.2 Å². The van der Waals surface area contributed by atoms with E-state index in [1.54, 1.807) is 30.3 Å². The molecule has 0 amide bonds. The quantitative estimate of drug-likeness (QED) is 0.0950. The summed E-state index contributed by atoms with van der Waals surface area (Å²) in [5, 5.41) is 12.3. The first-order valence-electron chi connectivity index (χ1n) is 16.2. The minimum atomic E-state index is -3.00. The third kappa shape index (κ3) is 10.1. The molecular weight excluding hydrogens is 598 g/mol. The van der Waals surface area contributed by atoms with E-state index < -0.39 is 18.6 Å². The van der Waals surface area contributed by atoms with Crippen molar-refractivity contribution in [2.45, 2.75) is 50.9 Å². The average molecular weight is 641 g/mol. The van der Waals surface area contributed by atoms with Crippen LogP contribution in [0.1, 0.15) is 54.0 Å². The average Bonchev–Trinajstić information content (AvgIpc) is 3.09. The lowest BCUT2D eigenvalue weighted by molar-refractivity contribution is -0.0831. The van der Waals surface area contributed by atoms with Crippen LogP contribution in [0.3, 0.4) is 0 Å². The Morgan fingerprint density at radius 3 is 2.15 bits per heavy atom. The second-order valence-electron chi connectivity index (χ2n) is 11.8. The Bertz CT molecular complexity index is 1720. The van der Waals surface area contributed by atoms with Gasteiger partial charge in [-0.05, 0) is 48.2 Å². The van der Waals surface area contributed by atoms with Gasteiger partial charge in [0.25, 0.3) is 5.92 Å². The number of unbranched alkanes of at least 4 members (excludes halogenated alkanes) is 3. The number of hydrogen-bond donors (Lipinski definition) is 2. The van der Waals surface area contributed by atoms with E-state index in [9.17, 15) is 18.7 Å². The van der Waals surface area contributed by atoms with Crippen LogP contribution in [0, 0.1) is 0 Å². The molecule has 4 aromatic carbocycles. The van der Waals surface area contributed by atoms with E-state index in [0.29, 0.717) is 42.9 Å². The molecule has 0 aliphatic rings. The van der Waals surface area contributed by atoms with Crippen LogP contribution in [-0.2, 0) is 23.8 Å². The first kappa shape index (κ1) is 34.0. The van der Waals surface area contributed by atoms with Gasteiger partial charge >= 0.3 is 0 Å². The van der Waals surface area contributed by atoms with Gasteiger partial charge in [0.1, 0.15) is 19.0 Å². The molecule has 0 saturated carbocycles. The predicted molar refractivity (Wildman–Crippen MR) is 182 cm³/mol. The largest absolute Gasteiger partial charge is 0.487 e. The maximum atomic E-state index is 14.3. The number of aromatic nitrogens is 1. The number of fused-ring (bicyclic) bond motifs is 1. The smallest absolute Gasteiger partial charge is 0.296 e. The summed E-state index contributed by atoms with van der Waals surface area (Å²) in [7, 11) is 0. The third-order valence-corrected chi connectivity index (χ3v) is 8.16. The van der Waals surface area contributed by atoms with Crippen LogP contribution in [0.15, 0.2) is 120 Å². The number of aliphatic hydroxyl groups is 1. The standard InChI is InChI=1S/C39H42F2N2O4/c40-39(41,32-18-10-5-11-19-32)29-46-25-13-2-1-12-24-43(26-30-14-6-3-7-15-30)27-35(44)33-20-22-36(38-34(33)21-23-37(45)42-38)47-28-31-16-8-4-9-17-31/h3-11,14-23,35,44H,1-2,12-13,24-29H2,(H,42,45)/t35-/m0/s1.